The number of carbonyl (C=O) groups is 1. The van der Waals surface area contributed by atoms with Gasteiger partial charge in [-0.3, -0.25) is 0 Å². The Hall–Kier alpha value is -2.01. The predicted molar refractivity (Wildman–Crippen MR) is 95.1 cm³/mol. The fraction of sp³-hybridized carbons (Fsp3) is 0.526. The Morgan fingerprint density at radius 2 is 1.89 bits per heavy atom. The van der Waals surface area contributed by atoms with Crippen LogP contribution in [0.4, 0.5) is 0 Å². The van der Waals surface area contributed by atoms with Crippen molar-refractivity contribution in [1.29, 1.82) is 0 Å². The molecule has 28 heavy (non-hydrogen) atoms. The number of hydrogen-bond donors (Lipinski definition) is 6. The largest absolute Gasteiger partial charge is 0.422 e. The van der Waals surface area contributed by atoms with Crippen LogP contribution in [0.5, 0.6) is 5.75 Å². The van der Waals surface area contributed by atoms with Gasteiger partial charge in [-0.2, -0.15) is 0 Å². The van der Waals surface area contributed by atoms with E-state index in [1.54, 1.807) is 24.3 Å². The molecule has 1 saturated heterocycles. The Kier molecular flexibility index (Phi) is 4.69. The SMILES string of the molecule is O=C(Oc1c(CO)[nH]c2ccccc12)[C@@H]1O[C@@](O)(C2(O)CCCC2)[C@H](O)[C@H]1O. The van der Waals surface area contributed by atoms with E-state index >= 15 is 0 Å². The molecule has 2 aromatic rings. The molecule has 2 fully saturated rings. The minimum absolute atomic E-state index is 0.0726. The third kappa shape index (κ3) is 2.74. The summed E-state index contributed by atoms with van der Waals surface area (Å²) in [5, 5.41) is 52.2. The number of aliphatic hydroxyl groups is 5. The third-order valence-electron chi connectivity index (χ3n) is 5.76. The van der Waals surface area contributed by atoms with Crippen LogP contribution >= 0.6 is 0 Å². The van der Waals surface area contributed by atoms with Crippen molar-refractivity contribution < 1.29 is 39.8 Å². The molecule has 2 aliphatic rings. The van der Waals surface area contributed by atoms with E-state index in [9.17, 15) is 30.3 Å². The van der Waals surface area contributed by atoms with Crippen molar-refractivity contribution in [1.82, 2.24) is 4.98 Å². The zero-order valence-corrected chi connectivity index (χ0v) is 15.0. The van der Waals surface area contributed by atoms with Crippen molar-refractivity contribution in [3.05, 3.63) is 30.0 Å². The molecule has 0 unspecified atom stereocenters. The highest BCUT2D eigenvalue weighted by molar-refractivity contribution is 5.91. The smallest absolute Gasteiger partial charge is 0.343 e. The summed E-state index contributed by atoms with van der Waals surface area (Å²) in [5.41, 5.74) is -0.870. The number of nitrogens with one attached hydrogen (secondary N) is 1. The Morgan fingerprint density at radius 3 is 2.57 bits per heavy atom. The first-order chi connectivity index (χ1) is 13.3. The lowest BCUT2D eigenvalue weighted by Crippen LogP contribution is -2.60. The van der Waals surface area contributed by atoms with Crippen molar-refractivity contribution >= 4 is 16.9 Å². The van der Waals surface area contributed by atoms with Crippen LogP contribution in [-0.4, -0.2) is 66.2 Å². The number of rotatable bonds is 4. The topological polar surface area (TPSA) is 152 Å². The highest BCUT2D eigenvalue weighted by Crippen LogP contribution is 2.46. The molecular formula is C19H23NO8. The van der Waals surface area contributed by atoms with Crippen molar-refractivity contribution in [2.45, 2.75) is 62.0 Å². The molecule has 4 rings (SSSR count). The van der Waals surface area contributed by atoms with Crippen LogP contribution in [0.1, 0.15) is 31.4 Å². The first-order valence-corrected chi connectivity index (χ1v) is 9.21. The molecule has 0 radical (unpaired) electrons. The summed E-state index contributed by atoms with van der Waals surface area (Å²) >= 11 is 0. The van der Waals surface area contributed by atoms with Gasteiger partial charge in [0.25, 0.3) is 0 Å². The van der Waals surface area contributed by atoms with Gasteiger partial charge in [-0.05, 0) is 25.0 Å². The molecule has 152 valence electrons. The summed E-state index contributed by atoms with van der Waals surface area (Å²) in [6, 6.07) is 6.93. The van der Waals surface area contributed by atoms with Crippen LogP contribution < -0.4 is 4.74 Å². The second-order valence-electron chi connectivity index (χ2n) is 7.47. The van der Waals surface area contributed by atoms with E-state index in [2.05, 4.69) is 4.98 Å². The number of fused-ring (bicyclic) bond motifs is 1. The molecule has 0 spiro atoms. The molecule has 2 heterocycles. The number of para-hydroxylation sites is 1. The van der Waals surface area contributed by atoms with Gasteiger partial charge < -0.3 is 40.0 Å². The third-order valence-corrected chi connectivity index (χ3v) is 5.76. The number of carbonyl (C=O) groups excluding carboxylic acids is 1. The van der Waals surface area contributed by atoms with Crippen LogP contribution in [0.3, 0.4) is 0 Å². The molecule has 1 aromatic carbocycles. The van der Waals surface area contributed by atoms with Crippen LogP contribution in [0.25, 0.3) is 10.9 Å². The number of aromatic amines is 1. The van der Waals surface area contributed by atoms with Gasteiger partial charge in [-0.1, -0.05) is 25.0 Å². The lowest BCUT2D eigenvalue weighted by atomic mass is 9.86. The van der Waals surface area contributed by atoms with Gasteiger partial charge in [0.1, 0.15) is 17.8 Å². The van der Waals surface area contributed by atoms with Crippen molar-refractivity contribution in [2.75, 3.05) is 0 Å². The quantitative estimate of drug-likeness (QED) is 0.387. The molecule has 9 heteroatoms. The van der Waals surface area contributed by atoms with Gasteiger partial charge in [0, 0.05) is 10.9 Å². The van der Waals surface area contributed by atoms with Crippen LogP contribution in [0, 0.1) is 0 Å². The van der Waals surface area contributed by atoms with Gasteiger partial charge in [0.2, 0.25) is 5.79 Å². The summed E-state index contributed by atoms with van der Waals surface area (Å²) in [6.45, 7) is -0.419. The molecule has 1 aromatic heterocycles. The predicted octanol–water partition coefficient (Wildman–Crippen LogP) is -0.320. The normalized spacial score (nSPS) is 32.1. The molecular weight excluding hydrogens is 370 g/mol. The molecule has 1 saturated carbocycles. The van der Waals surface area contributed by atoms with E-state index in [0.29, 0.717) is 23.7 Å². The lowest BCUT2D eigenvalue weighted by Gasteiger charge is -2.39. The van der Waals surface area contributed by atoms with Crippen LogP contribution in [0.15, 0.2) is 24.3 Å². The first kappa shape index (κ1) is 19.3. The van der Waals surface area contributed by atoms with E-state index in [4.69, 9.17) is 9.47 Å². The molecule has 1 aliphatic heterocycles. The number of hydrogen-bond acceptors (Lipinski definition) is 8. The van der Waals surface area contributed by atoms with E-state index in [-0.39, 0.29) is 24.3 Å². The molecule has 4 atom stereocenters. The zero-order valence-electron chi connectivity index (χ0n) is 15.0. The molecule has 6 N–H and O–H groups in total. The average molecular weight is 393 g/mol. The highest BCUT2D eigenvalue weighted by Gasteiger charge is 2.66. The summed E-state index contributed by atoms with van der Waals surface area (Å²) in [5.74, 6) is -3.46. The Labute approximate surface area is 160 Å². The monoisotopic (exact) mass is 393 g/mol. The number of esters is 1. The maximum absolute atomic E-state index is 12.7. The van der Waals surface area contributed by atoms with Crippen LogP contribution in [-0.2, 0) is 16.1 Å². The van der Waals surface area contributed by atoms with Crippen LogP contribution in [0.2, 0.25) is 0 Å². The molecule has 9 nitrogen and oxygen atoms in total. The number of H-pyrrole nitrogens is 1. The van der Waals surface area contributed by atoms with E-state index in [1.165, 1.54) is 0 Å². The minimum Gasteiger partial charge on any atom is -0.422 e. The second-order valence-corrected chi connectivity index (χ2v) is 7.47. The molecule has 1 aliphatic carbocycles. The van der Waals surface area contributed by atoms with Gasteiger partial charge in [0.15, 0.2) is 11.9 Å². The summed E-state index contributed by atoms with van der Waals surface area (Å²) in [6.07, 6.45) is -3.79. The summed E-state index contributed by atoms with van der Waals surface area (Å²) in [4.78, 5) is 15.6. The van der Waals surface area contributed by atoms with Gasteiger partial charge in [0.05, 0.1) is 12.3 Å². The van der Waals surface area contributed by atoms with Crippen molar-refractivity contribution in [3.8, 4) is 5.75 Å². The number of benzene rings is 1. The number of aromatic nitrogens is 1. The van der Waals surface area contributed by atoms with Crippen molar-refractivity contribution in [2.24, 2.45) is 0 Å². The highest BCUT2D eigenvalue weighted by atomic mass is 16.7. The van der Waals surface area contributed by atoms with E-state index in [1.807, 2.05) is 0 Å². The standard InChI is InChI=1S/C19H23NO8/c21-9-12-14(10-5-1-2-6-11(10)20-12)27-17(24)15-13(22)16(23)19(26,28-15)18(25)7-3-4-8-18/h1-2,5-6,13,15-16,20-23,25-26H,3-4,7-9H2/t13-,15+,16+,19+/m0/s1. The maximum atomic E-state index is 12.7. The lowest BCUT2D eigenvalue weighted by molar-refractivity contribution is -0.313. The van der Waals surface area contributed by atoms with Gasteiger partial charge >= 0.3 is 5.97 Å². The summed E-state index contributed by atoms with van der Waals surface area (Å²) in [7, 11) is 0. The van der Waals surface area contributed by atoms with Gasteiger partial charge in [-0.15, -0.1) is 0 Å². The second kappa shape index (κ2) is 6.80. The Morgan fingerprint density at radius 1 is 1.21 bits per heavy atom. The van der Waals surface area contributed by atoms with Gasteiger partial charge in [-0.25, -0.2) is 4.79 Å². The van der Waals surface area contributed by atoms with E-state index in [0.717, 1.165) is 0 Å². The number of aliphatic hydroxyl groups excluding tert-OH is 3. The fourth-order valence-corrected chi connectivity index (χ4v) is 4.18. The minimum atomic E-state index is -2.48. The molecule has 0 bridgehead atoms. The zero-order chi connectivity index (χ0) is 20.1. The number of ether oxygens (including phenoxy) is 2. The first-order valence-electron chi connectivity index (χ1n) is 9.21. The van der Waals surface area contributed by atoms with Crippen molar-refractivity contribution in [3.63, 3.8) is 0 Å². The Balaban J connectivity index is 1.61. The van der Waals surface area contributed by atoms with E-state index < -0.39 is 42.3 Å². The average Bonchev–Trinajstić information content (AvgIpc) is 3.35. The Bertz CT molecular complexity index is 889. The maximum Gasteiger partial charge on any atom is 0.343 e. The molecule has 0 amide bonds. The fourth-order valence-electron chi connectivity index (χ4n) is 4.18. The summed E-state index contributed by atoms with van der Waals surface area (Å²) < 4.78 is 10.7.